The number of anilines is 1. The van der Waals surface area contributed by atoms with Crippen molar-refractivity contribution in [2.75, 3.05) is 19.4 Å². The highest BCUT2D eigenvalue weighted by atomic mass is 32.1. The number of benzene rings is 2. The summed E-state index contributed by atoms with van der Waals surface area (Å²) in [7, 11) is 1.31. The SMILES string of the molecule is COc1ccc2c(c1F)C(=O)N(CC1(c3cc4c(ccc5sc(N)nc54)o3)NC(=O)NC1=O)C2. The van der Waals surface area contributed by atoms with Gasteiger partial charge in [-0.3, -0.25) is 14.9 Å². The Hall–Kier alpha value is -4.19. The third-order valence-electron chi connectivity index (χ3n) is 6.14. The summed E-state index contributed by atoms with van der Waals surface area (Å²) in [5.41, 5.74) is 5.50. The van der Waals surface area contributed by atoms with Crippen molar-refractivity contribution in [3.05, 3.63) is 53.0 Å². The van der Waals surface area contributed by atoms with E-state index >= 15 is 0 Å². The number of urea groups is 1. The Labute approximate surface area is 194 Å². The van der Waals surface area contributed by atoms with Crippen LogP contribution in [0.15, 0.2) is 34.7 Å². The van der Waals surface area contributed by atoms with Crippen molar-refractivity contribution in [3.8, 4) is 5.75 Å². The average Bonchev–Trinajstić information content (AvgIpc) is 3.53. The number of fused-ring (bicyclic) bond motifs is 4. The van der Waals surface area contributed by atoms with Crippen LogP contribution in [0.2, 0.25) is 0 Å². The van der Waals surface area contributed by atoms with Crippen LogP contribution in [0.1, 0.15) is 21.7 Å². The van der Waals surface area contributed by atoms with E-state index in [2.05, 4.69) is 15.6 Å². The molecule has 0 bridgehead atoms. The van der Waals surface area contributed by atoms with E-state index in [4.69, 9.17) is 14.9 Å². The maximum Gasteiger partial charge on any atom is 0.322 e. The van der Waals surface area contributed by atoms with Crippen molar-refractivity contribution in [1.29, 1.82) is 0 Å². The number of ether oxygens (including phenoxy) is 1. The van der Waals surface area contributed by atoms with Gasteiger partial charge in [0, 0.05) is 11.9 Å². The van der Waals surface area contributed by atoms with E-state index in [1.807, 2.05) is 0 Å². The molecule has 0 radical (unpaired) electrons. The van der Waals surface area contributed by atoms with Gasteiger partial charge in [0.15, 0.2) is 22.2 Å². The molecule has 2 aliphatic heterocycles. The number of furan rings is 1. The highest BCUT2D eigenvalue weighted by Crippen LogP contribution is 2.38. The predicted octanol–water partition coefficient (Wildman–Crippen LogP) is 2.46. The topological polar surface area (TPSA) is 140 Å². The molecular formula is C22H16FN5O5S. The van der Waals surface area contributed by atoms with Gasteiger partial charge in [-0.05, 0) is 29.8 Å². The summed E-state index contributed by atoms with van der Waals surface area (Å²) in [5.74, 6) is -2.02. The van der Waals surface area contributed by atoms with Gasteiger partial charge in [0.2, 0.25) is 0 Å². The Balaban J connectivity index is 1.45. The molecule has 4 N–H and O–H groups in total. The van der Waals surface area contributed by atoms with E-state index in [9.17, 15) is 18.8 Å². The number of nitrogens with zero attached hydrogens (tertiary/aromatic N) is 2. The molecule has 4 aromatic rings. The summed E-state index contributed by atoms with van der Waals surface area (Å²) in [4.78, 5) is 44.0. The minimum Gasteiger partial charge on any atom is -0.494 e. The van der Waals surface area contributed by atoms with E-state index in [-0.39, 0.29) is 30.2 Å². The molecule has 1 fully saturated rings. The lowest BCUT2D eigenvalue weighted by molar-refractivity contribution is -0.125. The summed E-state index contributed by atoms with van der Waals surface area (Å²) >= 11 is 1.31. The fourth-order valence-electron chi connectivity index (χ4n) is 4.55. The number of nitrogens with one attached hydrogen (secondary N) is 2. The lowest BCUT2D eigenvalue weighted by Crippen LogP contribution is -2.52. The highest BCUT2D eigenvalue weighted by Gasteiger charge is 2.53. The molecule has 1 atom stereocenters. The molecule has 2 aliphatic rings. The van der Waals surface area contributed by atoms with Crippen molar-refractivity contribution in [2.24, 2.45) is 0 Å². The number of halogens is 1. The summed E-state index contributed by atoms with van der Waals surface area (Å²) in [6, 6.07) is 7.44. The quantitative estimate of drug-likeness (QED) is 0.381. The van der Waals surface area contributed by atoms with Crippen molar-refractivity contribution in [2.45, 2.75) is 12.1 Å². The van der Waals surface area contributed by atoms with Crippen LogP contribution in [-0.4, -0.2) is 41.4 Å². The fraction of sp³-hybridized carbons (Fsp3) is 0.182. The molecule has 4 heterocycles. The molecule has 0 aliphatic carbocycles. The number of nitrogens with two attached hydrogens (primary N) is 1. The first-order valence-corrected chi connectivity index (χ1v) is 11.0. The summed E-state index contributed by atoms with van der Waals surface area (Å²) in [6.45, 7) is -0.227. The minimum absolute atomic E-state index is 0.0487. The van der Waals surface area contributed by atoms with E-state index in [1.165, 1.54) is 29.4 Å². The molecule has 2 aromatic heterocycles. The molecule has 1 unspecified atom stereocenters. The maximum atomic E-state index is 14.8. The van der Waals surface area contributed by atoms with Crippen molar-refractivity contribution >= 4 is 55.5 Å². The fourth-order valence-corrected chi connectivity index (χ4v) is 5.30. The largest absolute Gasteiger partial charge is 0.494 e. The van der Waals surface area contributed by atoms with Gasteiger partial charge in [0.05, 0.1) is 29.4 Å². The van der Waals surface area contributed by atoms with Crippen LogP contribution < -0.4 is 21.1 Å². The highest BCUT2D eigenvalue weighted by molar-refractivity contribution is 7.22. The van der Waals surface area contributed by atoms with Gasteiger partial charge in [-0.1, -0.05) is 17.4 Å². The van der Waals surface area contributed by atoms with E-state index in [0.717, 1.165) is 4.70 Å². The van der Waals surface area contributed by atoms with Crippen LogP contribution in [-0.2, 0) is 16.9 Å². The normalized spacial score (nSPS) is 19.7. The minimum atomic E-state index is -1.72. The molecule has 6 rings (SSSR count). The summed E-state index contributed by atoms with van der Waals surface area (Å²) in [6.07, 6.45) is 0. The molecule has 10 nitrogen and oxygen atoms in total. The molecule has 12 heteroatoms. The second-order valence-electron chi connectivity index (χ2n) is 8.08. The van der Waals surface area contributed by atoms with Crippen molar-refractivity contribution < 1.29 is 27.9 Å². The molecule has 4 amide bonds. The van der Waals surface area contributed by atoms with Gasteiger partial charge >= 0.3 is 6.03 Å². The monoisotopic (exact) mass is 481 g/mol. The molecule has 172 valence electrons. The molecule has 0 saturated carbocycles. The lowest BCUT2D eigenvalue weighted by atomic mass is 9.95. The van der Waals surface area contributed by atoms with Crippen molar-refractivity contribution in [1.82, 2.24) is 20.5 Å². The number of amides is 4. The first kappa shape index (κ1) is 20.4. The van der Waals surface area contributed by atoms with Crippen LogP contribution >= 0.6 is 11.3 Å². The van der Waals surface area contributed by atoms with Gasteiger partial charge in [-0.25, -0.2) is 14.2 Å². The van der Waals surface area contributed by atoms with E-state index in [0.29, 0.717) is 27.2 Å². The van der Waals surface area contributed by atoms with Gasteiger partial charge in [-0.15, -0.1) is 0 Å². The number of aromatic nitrogens is 1. The van der Waals surface area contributed by atoms with Crippen LogP contribution in [0.25, 0.3) is 21.2 Å². The lowest BCUT2D eigenvalue weighted by Gasteiger charge is -2.29. The zero-order chi connectivity index (χ0) is 23.8. The average molecular weight is 481 g/mol. The number of rotatable bonds is 4. The maximum absolute atomic E-state index is 14.8. The Kier molecular flexibility index (Phi) is 4.15. The number of carbonyl (C=O) groups excluding carboxylic acids is 3. The second kappa shape index (κ2) is 6.90. The predicted molar refractivity (Wildman–Crippen MR) is 120 cm³/mol. The number of methoxy groups -OCH3 is 1. The zero-order valence-corrected chi connectivity index (χ0v) is 18.4. The standard InChI is InChI=1S/C22H16FN5O5S/c1-32-12-3-2-9-7-28(18(29)15(9)16(12)23)8-22(19(30)26-21(31)27-22)14-6-10-11(33-14)4-5-13-17(10)25-20(24)34-13/h2-6H,7-8H2,1H3,(H2,24,25)(H2,26,27,30,31). The molecular weight excluding hydrogens is 465 g/mol. The summed E-state index contributed by atoms with van der Waals surface area (Å²) in [5, 5.41) is 5.82. The number of nitrogen functional groups attached to an aromatic ring is 1. The van der Waals surface area contributed by atoms with Gasteiger partial charge in [0.1, 0.15) is 11.3 Å². The first-order chi connectivity index (χ1) is 16.3. The Morgan fingerprint density at radius 3 is 2.85 bits per heavy atom. The number of hydrogen-bond acceptors (Lipinski definition) is 8. The van der Waals surface area contributed by atoms with Crippen molar-refractivity contribution in [3.63, 3.8) is 0 Å². The smallest absolute Gasteiger partial charge is 0.322 e. The molecule has 34 heavy (non-hydrogen) atoms. The van der Waals surface area contributed by atoms with Crippen LogP contribution in [0.3, 0.4) is 0 Å². The van der Waals surface area contributed by atoms with Gasteiger partial charge in [-0.2, -0.15) is 0 Å². The number of imide groups is 1. The van der Waals surface area contributed by atoms with Crippen LogP contribution in [0, 0.1) is 5.82 Å². The number of carbonyl (C=O) groups is 3. The molecule has 1 saturated heterocycles. The second-order valence-corrected chi connectivity index (χ2v) is 9.14. The number of hydrogen-bond donors (Lipinski definition) is 3. The van der Waals surface area contributed by atoms with E-state index in [1.54, 1.807) is 24.3 Å². The third-order valence-corrected chi connectivity index (χ3v) is 6.99. The number of thiazole rings is 1. The Bertz CT molecular complexity index is 1560. The van der Waals surface area contributed by atoms with Crippen LogP contribution in [0.4, 0.5) is 14.3 Å². The van der Waals surface area contributed by atoms with Gasteiger partial charge in [0.25, 0.3) is 11.8 Å². The molecule has 0 spiro atoms. The summed E-state index contributed by atoms with van der Waals surface area (Å²) < 4.78 is 26.6. The third kappa shape index (κ3) is 2.71. The van der Waals surface area contributed by atoms with Crippen LogP contribution in [0.5, 0.6) is 5.75 Å². The van der Waals surface area contributed by atoms with E-state index < -0.39 is 29.2 Å². The Morgan fingerprint density at radius 1 is 1.29 bits per heavy atom. The van der Waals surface area contributed by atoms with Gasteiger partial charge < -0.3 is 25.1 Å². The zero-order valence-electron chi connectivity index (χ0n) is 17.6. The Morgan fingerprint density at radius 2 is 2.12 bits per heavy atom. The first-order valence-electron chi connectivity index (χ1n) is 10.2. The molecule has 2 aromatic carbocycles.